The number of amides is 1. The van der Waals surface area contributed by atoms with E-state index in [1.807, 2.05) is 29.2 Å². The second-order valence-corrected chi connectivity index (χ2v) is 5.52. The highest BCUT2D eigenvalue weighted by molar-refractivity contribution is 6.00. The molecular weight excluding hydrogens is 226 g/mol. The summed E-state index contributed by atoms with van der Waals surface area (Å²) in [6, 6.07) is 7.78. The molecule has 1 aliphatic heterocycles. The highest BCUT2D eigenvalue weighted by atomic mass is 16.5. The van der Waals surface area contributed by atoms with Crippen molar-refractivity contribution < 1.29 is 9.53 Å². The van der Waals surface area contributed by atoms with Crippen LogP contribution in [0, 0.1) is 11.3 Å². The number of carbonyl (C=O) groups excluding carboxylic acids is 1. The highest BCUT2D eigenvalue weighted by Gasteiger charge is 2.55. The Morgan fingerprint density at radius 2 is 1.94 bits per heavy atom. The Morgan fingerprint density at radius 1 is 1.28 bits per heavy atom. The van der Waals surface area contributed by atoms with Crippen molar-refractivity contribution in [1.82, 2.24) is 0 Å². The summed E-state index contributed by atoms with van der Waals surface area (Å²) in [7, 11) is 1.65. The lowest BCUT2D eigenvalue weighted by molar-refractivity contribution is -0.131. The van der Waals surface area contributed by atoms with Gasteiger partial charge in [0.05, 0.1) is 12.5 Å². The molecule has 1 saturated carbocycles. The molecule has 2 fully saturated rings. The molecule has 1 aromatic rings. The van der Waals surface area contributed by atoms with Crippen molar-refractivity contribution in [2.45, 2.75) is 26.2 Å². The molecule has 1 atom stereocenters. The largest absolute Gasteiger partial charge is 0.497 e. The molecule has 1 amide bonds. The van der Waals surface area contributed by atoms with E-state index < -0.39 is 0 Å². The standard InChI is InChI=1S/C15H19NO2/c1-11-10-16(14(17)15(11)8-3-9-15)12-4-6-13(18-2)7-5-12/h4-7,11H,3,8-10H2,1-2H3. The van der Waals surface area contributed by atoms with Crippen LogP contribution in [-0.2, 0) is 4.79 Å². The first-order valence-electron chi connectivity index (χ1n) is 6.63. The summed E-state index contributed by atoms with van der Waals surface area (Å²) < 4.78 is 5.15. The highest BCUT2D eigenvalue weighted by Crippen LogP contribution is 2.53. The fourth-order valence-corrected chi connectivity index (χ4v) is 3.26. The zero-order valence-electron chi connectivity index (χ0n) is 11.0. The van der Waals surface area contributed by atoms with E-state index in [0.29, 0.717) is 11.8 Å². The van der Waals surface area contributed by atoms with E-state index in [9.17, 15) is 4.79 Å². The van der Waals surface area contributed by atoms with E-state index >= 15 is 0 Å². The van der Waals surface area contributed by atoms with Gasteiger partial charge in [-0.1, -0.05) is 13.3 Å². The van der Waals surface area contributed by atoms with Gasteiger partial charge in [0, 0.05) is 12.2 Å². The van der Waals surface area contributed by atoms with Crippen LogP contribution in [0.5, 0.6) is 5.75 Å². The van der Waals surface area contributed by atoms with Gasteiger partial charge in [0.2, 0.25) is 5.91 Å². The number of rotatable bonds is 2. The quantitative estimate of drug-likeness (QED) is 0.802. The third kappa shape index (κ3) is 1.46. The van der Waals surface area contributed by atoms with E-state index in [-0.39, 0.29) is 5.41 Å². The molecule has 1 unspecified atom stereocenters. The maximum atomic E-state index is 12.6. The Hall–Kier alpha value is -1.51. The number of nitrogens with zero attached hydrogens (tertiary/aromatic N) is 1. The summed E-state index contributed by atoms with van der Waals surface area (Å²) in [5.41, 5.74) is 0.955. The van der Waals surface area contributed by atoms with Crippen LogP contribution in [0.15, 0.2) is 24.3 Å². The summed E-state index contributed by atoms with van der Waals surface area (Å²) >= 11 is 0. The first-order valence-corrected chi connectivity index (χ1v) is 6.63. The van der Waals surface area contributed by atoms with Gasteiger partial charge >= 0.3 is 0 Å². The van der Waals surface area contributed by atoms with Gasteiger partial charge in [-0.05, 0) is 43.0 Å². The molecule has 1 aliphatic carbocycles. The summed E-state index contributed by atoms with van der Waals surface area (Å²) in [6.45, 7) is 3.06. The maximum Gasteiger partial charge on any atom is 0.233 e. The van der Waals surface area contributed by atoms with Crippen molar-refractivity contribution in [2.24, 2.45) is 11.3 Å². The van der Waals surface area contributed by atoms with Crippen LogP contribution in [0.25, 0.3) is 0 Å². The second-order valence-electron chi connectivity index (χ2n) is 5.52. The Labute approximate surface area is 108 Å². The number of hydrogen-bond acceptors (Lipinski definition) is 2. The van der Waals surface area contributed by atoms with Gasteiger partial charge in [0.15, 0.2) is 0 Å². The Kier molecular flexibility index (Phi) is 2.58. The van der Waals surface area contributed by atoms with E-state index in [4.69, 9.17) is 4.74 Å². The van der Waals surface area contributed by atoms with E-state index in [1.165, 1.54) is 6.42 Å². The van der Waals surface area contributed by atoms with Crippen molar-refractivity contribution in [2.75, 3.05) is 18.6 Å². The lowest BCUT2D eigenvalue weighted by atomic mass is 9.63. The first kappa shape index (κ1) is 11.6. The molecular formula is C15H19NO2. The molecule has 1 heterocycles. The van der Waals surface area contributed by atoms with Crippen LogP contribution >= 0.6 is 0 Å². The van der Waals surface area contributed by atoms with Gasteiger partial charge in [-0.2, -0.15) is 0 Å². The van der Waals surface area contributed by atoms with Gasteiger partial charge in [-0.15, -0.1) is 0 Å². The molecule has 1 saturated heterocycles. The summed E-state index contributed by atoms with van der Waals surface area (Å²) in [6.07, 6.45) is 3.34. The molecule has 3 rings (SSSR count). The van der Waals surface area contributed by atoms with Crippen molar-refractivity contribution in [3.05, 3.63) is 24.3 Å². The predicted molar refractivity (Wildman–Crippen MR) is 70.8 cm³/mol. The maximum absolute atomic E-state index is 12.6. The SMILES string of the molecule is COc1ccc(N2CC(C)C3(CCC3)C2=O)cc1. The Balaban J connectivity index is 1.86. The van der Waals surface area contributed by atoms with Gasteiger partial charge in [-0.3, -0.25) is 4.79 Å². The topological polar surface area (TPSA) is 29.5 Å². The lowest BCUT2D eigenvalue weighted by Gasteiger charge is -2.39. The fraction of sp³-hybridized carbons (Fsp3) is 0.533. The summed E-state index contributed by atoms with van der Waals surface area (Å²) in [4.78, 5) is 14.5. The van der Waals surface area contributed by atoms with Crippen LogP contribution in [-0.4, -0.2) is 19.6 Å². The smallest absolute Gasteiger partial charge is 0.233 e. The molecule has 3 nitrogen and oxygen atoms in total. The van der Waals surface area contributed by atoms with Crippen LogP contribution in [0.1, 0.15) is 26.2 Å². The minimum Gasteiger partial charge on any atom is -0.497 e. The number of methoxy groups -OCH3 is 1. The molecule has 3 heteroatoms. The number of hydrogen-bond donors (Lipinski definition) is 0. The molecule has 2 aliphatic rings. The molecule has 0 N–H and O–H groups in total. The number of benzene rings is 1. The molecule has 0 bridgehead atoms. The van der Waals surface area contributed by atoms with E-state index in [2.05, 4.69) is 6.92 Å². The van der Waals surface area contributed by atoms with Crippen LogP contribution < -0.4 is 9.64 Å². The number of anilines is 1. The van der Waals surface area contributed by atoms with Gasteiger partial charge in [0.1, 0.15) is 5.75 Å². The second kappa shape index (κ2) is 4.01. The Bertz CT molecular complexity index is 462. The Morgan fingerprint density at radius 3 is 2.39 bits per heavy atom. The van der Waals surface area contributed by atoms with Gasteiger partial charge < -0.3 is 9.64 Å². The van der Waals surface area contributed by atoms with E-state index in [0.717, 1.165) is 30.8 Å². The lowest BCUT2D eigenvalue weighted by Crippen LogP contribution is -2.41. The number of carbonyl (C=O) groups is 1. The first-order chi connectivity index (χ1) is 8.67. The summed E-state index contributed by atoms with van der Waals surface area (Å²) in [5, 5.41) is 0. The summed E-state index contributed by atoms with van der Waals surface area (Å²) in [5.74, 6) is 1.63. The molecule has 1 aromatic carbocycles. The van der Waals surface area contributed by atoms with Crippen molar-refractivity contribution in [3.8, 4) is 5.75 Å². The van der Waals surface area contributed by atoms with Gasteiger partial charge in [-0.25, -0.2) is 0 Å². The van der Waals surface area contributed by atoms with Crippen LogP contribution in [0.2, 0.25) is 0 Å². The predicted octanol–water partition coefficient (Wildman–Crippen LogP) is 2.85. The fourth-order valence-electron chi connectivity index (χ4n) is 3.26. The molecule has 96 valence electrons. The third-order valence-electron chi connectivity index (χ3n) is 4.70. The monoisotopic (exact) mass is 245 g/mol. The van der Waals surface area contributed by atoms with Crippen LogP contribution in [0.3, 0.4) is 0 Å². The van der Waals surface area contributed by atoms with Crippen molar-refractivity contribution in [3.63, 3.8) is 0 Å². The molecule has 18 heavy (non-hydrogen) atoms. The minimum absolute atomic E-state index is 0.0417. The molecule has 1 spiro atoms. The molecule has 0 radical (unpaired) electrons. The zero-order valence-corrected chi connectivity index (χ0v) is 11.0. The average Bonchev–Trinajstić information content (AvgIpc) is 2.61. The minimum atomic E-state index is -0.0417. The van der Waals surface area contributed by atoms with Gasteiger partial charge in [0.25, 0.3) is 0 Å². The average molecular weight is 245 g/mol. The van der Waals surface area contributed by atoms with E-state index in [1.54, 1.807) is 7.11 Å². The number of ether oxygens (including phenoxy) is 1. The molecule has 0 aromatic heterocycles. The van der Waals surface area contributed by atoms with Crippen molar-refractivity contribution >= 4 is 11.6 Å². The normalized spacial score (nSPS) is 25.3. The zero-order chi connectivity index (χ0) is 12.8. The van der Waals surface area contributed by atoms with Crippen LogP contribution in [0.4, 0.5) is 5.69 Å². The van der Waals surface area contributed by atoms with Crippen molar-refractivity contribution in [1.29, 1.82) is 0 Å². The third-order valence-corrected chi connectivity index (χ3v) is 4.70.